The van der Waals surface area contributed by atoms with Crippen molar-refractivity contribution in [1.82, 2.24) is 10.6 Å². The van der Waals surface area contributed by atoms with Crippen LogP contribution in [0, 0.1) is 6.92 Å². The van der Waals surface area contributed by atoms with Gasteiger partial charge in [-0.15, -0.1) is 0 Å². The Morgan fingerprint density at radius 1 is 1.21 bits per heavy atom. The Bertz CT molecular complexity index is 458. The molecule has 0 unspecified atom stereocenters. The van der Waals surface area contributed by atoms with E-state index in [1.165, 1.54) is 0 Å². The van der Waals surface area contributed by atoms with Crippen molar-refractivity contribution in [1.29, 1.82) is 0 Å². The highest BCUT2D eigenvalue weighted by atomic mass is 16.2. The van der Waals surface area contributed by atoms with Crippen LogP contribution in [-0.4, -0.2) is 32.5 Å². The summed E-state index contributed by atoms with van der Waals surface area (Å²) in [7, 11) is 3.44. The first-order chi connectivity index (χ1) is 9.10. The van der Waals surface area contributed by atoms with Gasteiger partial charge in [0.1, 0.15) is 0 Å². The second-order valence-electron chi connectivity index (χ2n) is 4.31. The van der Waals surface area contributed by atoms with E-state index in [9.17, 15) is 9.59 Å². The monoisotopic (exact) mass is 263 g/mol. The quantitative estimate of drug-likeness (QED) is 0.677. The first-order valence-corrected chi connectivity index (χ1v) is 6.36. The normalized spacial score (nSPS) is 10.1. The molecule has 0 saturated heterocycles. The summed E-state index contributed by atoms with van der Waals surface area (Å²) in [5.41, 5.74) is 2.05. The van der Waals surface area contributed by atoms with Crippen molar-refractivity contribution in [3.8, 4) is 0 Å². The molecule has 0 aliphatic heterocycles. The van der Waals surface area contributed by atoms with Gasteiger partial charge in [0.05, 0.1) is 0 Å². The van der Waals surface area contributed by atoms with Gasteiger partial charge in [-0.25, -0.2) is 0 Å². The number of nitrogens with one attached hydrogen (secondary N) is 3. The molecule has 0 fully saturated rings. The molecule has 5 nitrogen and oxygen atoms in total. The number of rotatable bonds is 6. The standard InChI is InChI=1S/C14H21N3O2/c1-10-11(14(19)16-3)6-4-7-12(10)17-13(18)8-5-9-15-2/h4,6-7,15H,5,8-9H2,1-3H3,(H,16,19)(H,17,18). The lowest BCUT2D eigenvalue weighted by Gasteiger charge is -2.11. The number of hydrogen-bond donors (Lipinski definition) is 3. The third-order valence-corrected chi connectivity index (χ3v) is 2.91. The van der Waals surface area contributed by atoms with Gasteiger partial charge in [0.25, 0.3) is 5.91 Å². The maximum atomic E-state index is 11.8. The van der Waals surface area contributed by atoms with E-state index in [2.05, 4.69) is 16.0 Å². The summed E-state index contributed by atoms with van der Waals surface area (Å²) < 4.78 is 0. The van der Waals surface area contributed by atoms with Crippen LogP contribution in [0.5, 0.6) is 0 Å². The minimum absolute atomic E-state index is 0.0348. The van der Waals surface area contributed by atoms with E-state index in [4.69, 9.17) is 0 Å². The highest BCUT2D eigenvalue weighted by Gasteiger charge is 2.11. The Labute approximate surface area is 113 Å². The SMILES string of the molecule is CNCCCC(=O)Nc1cccc(C(=O)NC)c1C. The second-order valence-corrected chi connectivity index (χ2v) is 4.31. The van der Waals surface area contributed by atoms with E-state index in [-0.39, 0.29) is 11.8 Å². The zero-order valence-electron chi connectivity index (χ0n) is 11.7. The van der Waals surface area contributed by atoms with Crippen LogP contribution in [0.2, 0.25) is 0 Å². The molecule has 2 amide bonds. The highest BCUT2D eigenvalue weighted by molar-refractivity contribution is 5.99. The third kappa shape index (κ3) is 4.37. The summed E-state index contributed by atoms with van der Waals surface area (Å²) in [6, 6.07) is 5.31. The molecule has 1 rings (SSSR count). The van der Waals surface area contributed by atoms with Gasteiger partial charge in [-0.3, -0.25) is 9.59 Å². The molecular weight excluding hydrogens is 242 g/mol. The van der Waals surface area contributed by atoms with E-state index in [0.29, 0.717) is 17.7 Å². The molecule has 0 saturated carbocycles. The highest BCUT2D eigenvalue weighted by Crippen LogP contribution is 2.19. The van der Waals surface area contributed by atoms with Gasteiger partial charge >= 0.3 is 0 Å². The molecule has 19 heavy (non-hydrogen) atoms. The smallest absolute Gasteiger partial charge is 0.251 e. The number of carbonyl (C=O) groups is 2. The zero-order valence-corrected chi connectivity index (χ0v) is 11.7. The van der Waals surface area contributed by atoms with Crippen LogP contribution in [0.1, 0.15) is 28.8 Å². The summed E-state index contributed by atoms with van der Waals surface area (Å²) in [5.74, 6) is -0.184. The molecular formula is C14H21N3O2. The van der Waals surface area contributed by atoms with Gasteiger partial charge in [-0.1, -0.05) is 6.07 Å². The molecule has 3 N–H and O–H groups in total. The largest absolute Gasteiger partial charge is 0.355 e. The van der Waals surface area contributed by atoms with E-state index < -0.39 is 0 Å². The average molecular weight is 263 g/mol. The fourth-order valence-electron chi connectivity index (χ4n) is 1.79. The van der Waals surface area contributed by atoms with Crippen LogP contribution < -0.4 is 16.0 Å². The fourth-order valence-corrected chi connectivity index (χ4v) is 1.79. The third-order valence-electron chi connectivity index (χ3n) is 2.91. The topological polar surface area (TPSA) is 70.2 Å². The lowest BCUT2D eigenvalue weighted by atomic mass is 10.1. The summed E-state index contributed by atoms with van der Waals surface area (Å²) >= 11 is 0. The van der Waals surface area contributed by atoms with Crippen LogP contribution in [0.25, 0.3) is 0 Å². The van der Waals surface area contributed by atoms with Crippen LogP contribution >= 0.6 is 0 Å². The van der Waals surface area contributed by atoms with Crippen LogP contribution in [0.15, 0.2) is 18.2 Å². The summed E-state index contributed by atoms with van der Waals surface area (Å²) in [6.45, 7) is 2.64. The van der Waals surface area contributed by atoms with Gasteiger partial charge < -0.3 is 16.0 Å². The van der Waals surface area contributed by atoms with E-state index >= 15 is 0 Å². The van der Waals surface area contributed by atoms with Gasteiger partial charge in [-0.2, -0.15) is 0 Å². The van der Waals surface area contributed by atoms with Crippen LogP contribution in [0.3, 0.4) is 0 Å². The predicted molar refractivity (Wildman–Crippen MR) is 76.4 cm³/mol. The van der Waals surface area contributed by atoms with Crippen LogP contribution in [0.4, 0.5) is 5.69 Å². The number of benzene rings is 1. The maximum Gasteiger partial charge on any atom is 0.251 e. The number of hydrogen-bond acceptors (Lipinski definition) is 3. The predicted octanol–water partition coefficient (Wildman–Crippen LogP) is 1.29. The van der Waals surface area contributed by atoms with Gasteiger partial charge in [-0.05, 0) is 44.6 Å². The Hall–Kier alpha value is -1.88. The minimum atomic E-state index is -0.149. The van der Waals surface area contributed by atoms with Crippen molar-refractivity contribution in [2.75, 3.05) is 26.0 Å². The molecule has 0 aliphatic rings. The Morgan fingerprint density at radius 2 is 1.95 bits per heavy atom. The minimum Gasteiger partial charge on any atom is -0.355 e. The summed E-state index contributed by atoms with van der Waals surface area (Å²) in [5, 5.41) is 8.42. The van der Waals surface area contributed by atoms with Crippen molar-refractivity contribution < 1.29 is 9.59 Å². The Kier molecular flexibility index (Phi) is 6.02. The molecule has 0 radical (unpaired) electrons. The van der Waals surface area contributed by atoms with E-state index in [0.717, 1.165) is 18.5 Å². The van der Waals surface area contributed by atoms with E-state index in [1.807, 2.05) is 14.0 Å². The van der Waals surface area contributed by atoms with Gasteiger partial charge in [0.15, 0.2) is 0 Å². The summed E-state index contributed by atoms with van der Waals surface area (Å²) in [4.78, 5) is 23.4. The van der Waals surface area contributed by atoms with Crippen molar-refractivity contribution in [2.24, 2.45) is 0 Å². The van der Waals surface area contributed by atoms with Gasteiger partial charge in [0.2, 0.25) is 5.91 Å². The first-order valence-electron chi connectivity index (χ1n) is 6.36. The molecule has 0 aromatic heterocycles. The van der Waals surface area contributed by atoms with Crippen molar-refractivity contribution in [3.63, 3.8) is 0 Å². The van der Waals surface area contributed by atoms with Gasteiger partial charge in [0, 0.05) is 24.7 Å². The van der Waals surface area contributed by atoms with Crippen molar-refractivity contribution in [3.05, 3.63) is 29.3 Å². The van der Waals surface area contributed by atoms with Crippen LogP contribution in [-0.2, 0) is 4.79 Å². The number of carbonyl (C=O) groups excluding carboxylic acids is 2. The summed E-state index contributed by atoms with van der Waals surface area (Å²) in [6.07, 6.45) is 1.25. The Balaban J connectivity index is 2.73. The lowest BCUT2D eigenvalue weighted by molar-refractivity contribution is -0.116. The van der Waals surface area contributed by atoms with Crippen molar-refractivity contribution in [2.45, 2.75) is 19.8 Å². The lowest BCUT2D eigenvalue weighted by Crippen LogP contribution is -2.20. The van der Waals surface area contributed by atoms with Crippen molar-refractivity contribution >= 4 is 17.5 Å². The first kappa shape index (κ1) is 15.2. The molecule has 1 aromatic rings. The zero-order chi connectivity index (χ0) is 14.3. The molecule has 0 atom stereocenters. The molecule has 0 spiro atoms. The molecule has 0 heterocycles. The molecule has 0 aliphatic carbocycles. The molecule has 0 bridgehead atoms. The van der Waals surface area contributed by atoms with E-state index in [1.54, 1.807) is 25.2 Å². The second kappa shape index (κ2) is 7.53. The number of anilines is 1. The maximum absolute atomic E-state index is 11.8. The fraction of sp³-hybridized carbons (Fsp3) is 0.429. The molecule has 5 heteroatoms. The molecule has 1 aromatic carbocycles. The molecule has 104 valence electrons. The number of amides is 2. The Morgan fingerprint density at radius 3 is 2.58 bits per heavy atom. The average Bonchev–Trinajstić information content (AvgIpc) is 2.40.